The average molecular weight is 228 g/mol. The SMILES string of the molecule is CC1COC(CN)CN1C(=O)C1CCOC1. The highest BCUT2D eigenvalue weighted by molar-refractivity contribution is 5.79. The third-order valence-electron chi connectivity index (χ3n) is 3.33. The monoisotopic (exact) mass is 228 g/mol. The third-order valence-corrected chi connectivity index (χ3v) is 3.33. The molecule has 0 bridgehead atoms. The molecule has 0 radical (unpaired) electrons. The first-order valence-electron chi connectivity index (χ1n) is 5.92. The van der Waals surface area contributed by atoms with Gasteiger partial charge < -0.3 is 20.1 Å². The minimum absolute atomic E-state index is 0.0116. The van der Waals surface area contributed by atoms with Gasteiger partial charge in [0.25, 0.3) is 0 Å². The molecule has 2 aliphatic rings. The molecule has 92 valence electrons. The van der Waals surface area contributed by atoms with Crippen molar-refractivity contribution < 1.29 is 14.3 Å². The van der Waals surface area contributed by atoms with Crippen molar-refractivity contribution in [2.45, 2.75) is 25.5 Å². The molecule has 0 aromatic carbocycles. The van der Waals surface area contributed by atoms with Crippen molar-refractivity contribution in [1.29, 1.82) is 0 Å². The van der Waals surface area contributed by atoms with Crippen LogP contribution in [0.25, 0.3) is 0 Å². The fraction of sp³-hybridized carbons (Fsp3) is 0.909. The Labute approximate surface area is 95.9 Å². The molecule has 0 spiro atoms. The topological polar surface area (TPSA) is 64.8 Å². The quantitative estimate of drug-likeness (QED) is 0.698. The molecule has 2 heterocycles. The molecule has 2 rings (SSSR count). The van der Waals surface area contributed by atoms with Crippen LogP contribution in [0, 0.1) is 5.92 Å². The fourth-order valence-electron chi connectivity index (χ4n) is 2.23. The zero-order valence-corrected chi connectivity index (χ0v) is 9.72. The maximum Gasteiger partial charge on any atom is 0.228 e. The molecule has 2 saturated heterocycles. The fourth-order valence-corrected chi connectivity index (χ4v) is 2.23. The molecular weight excluding hydrogens is 208 g/mol. The van der Waals surface area contributed by atoms with Gasteiger partial charge in [-0.2, -0.15) is 0 Å². The molecule has 2 fully saturated rings. The molecule has 3 unspecified atom stereocenters. The summed E-state index contributed by atoms with van der Waals surface area (Å²) in [5, 5.41) is 0. The Morgan fingerprint density at radius 2 is 2.31 bits per heavy atom. The van der Waals surface area contributed by atoms with Gasteiger partial charge in [-0.05, 0) is 13.3 Å². The second-order valence-electron chi connectivity index (χ2n) is 4.59. The van der Waals surface area contributed by atoms with Crippen molar-refractivity contribution in [3.8, 4) is 0 Å². The second-order valence-corrected chi connectivity index (χ2v) is 4.59. The highest BCUT2D eigenvalue weighted by Gasteiger charge is 2.34. The Balaban J connectivity index is 1.97. The van der Waals surface area contributed by atoms with Crippen molar-refractivity contribution in [3.63, 3.8) is 0 Å². The summed E-state index contributed by atoms with van der Waals surface area (Å²) in [6.45, 7) is 4.96. The summed E-state index contributed by atoms with van der Waals surface area (Å²) in [7, 11) is 0. The van der Waals surface area contributed by atoms with Gasteiger partial charge in [-0.15, -0.1) is 0 Å². The molecule has 0 aromatic rings. The van der Waals surface area contributed by atoms with E-state index in [9.17, 15) is 4.79 Å². The minimum atomic E-state index is -0.0116. The van der Waals surface area contributed by atoms with Crippen LogP contribution >= 0.6 is 0 Å². The molecule has 5 nitrogen and oxygen atoms in total. The molecule has 2 N–H and O–H groups in total. The average Bonchev–Trinajstić information content (AvgIpc) is 2.82. The van der Waals surface area contributed by atoms with Gasteiger partial charge in [-0.25, -0.2) is 0 Å². The third kappa shape index (κ3) is 2.36. The van der Waals surface area contributed by atoms with Crippen LogP contribution in [-0.4, -0.2) is 55.9 Å². The van der Waals surface area contributed by atoms with Crippen molar-refractivity contribution >= 4 is 5.91 Å². The van der Waals surface area contributed by atoms with Crippen LogP contribution < -0.4 is 5.73 Å². The van der Waals surface area contributed by atoms with Gasteiger partial charge in [0.05, 0.1) is 31.3 Å². The molecular formula is C11H20N2O3. The van der Waals surface area contributed by atoms with E-state index < -0.39 is 0 Å². The Bertz CT molecular complexity index is 254. The predicted molar refractivity (Wildman–Crippen MR) is 58.9 cm³/mol. The van der Waals surface area contributed by atoms with E-state index in [2.05, 4.69) is 0 Å². The number of rotatable bonds is 2. The van der Waals surface area contributed by atoms with E-state index in [-0.39, 0.29) is 24.0 Å². The first-order valence-corrected chi connectivity index (χ1v) is 5.92. The number of carbonyl (C=O) groups excluding carboxylic acids is 1. The summed E-state index contributed by atoms with van der Waals surface area (Å²) in [5.74, 6) is 0.241. The first-order chi connectivity index (χ1) is 7.72. The number of morpholine rings is 1. The van der Waals surface area contributed by atoms with Gasteiger partial charge >= 0.3 is 0 Å². The molecule has 3 atom stereocenters. The highest BCUT2D eigenvalue weighted by Crippen LogP contribution is 2.20. The van der Waals surface area contributed by atoms with E-state index in [1.165, 1.54) is 0 Å². The first kappa shape index (κ1) is 11.8. The van der Waals surface area contributed by atoms with E-state index in [1.54, 1.807) is 0 Å². The Kier molecular flexibility index (Phi) is 3.78. The Morgan fingerprint density at radius 1 is 1.50 bits per heavy atom. The van der Waals surface area contributed by atoms with E-state index in [1.807, 2.05) is 11.8 Å². The number of ether oxygens (including phenoxy) is 2. The zero-order chi connectivity index (χ0) is 11.5. The van der Waals surface area contributed by atoms with E-state index in [0.717, 1.165) is 6.42 Å². The zero-order valence-electron chi connectivity index (χ0n) is 9.72. The summed E-state index contributed by atoms with van der Waals surface area (Å²) in [5.41, 5.74) is 5.58. The van der Waals surface area contributed by atoms with Crippen molar-refractivity contribution in [1.82, 2.24) is 4.90 Å². The normalized spacial score (nSPS) is 35.4. The standard InChI is InChI=1S/C11H20N2O3/c1-8-6-16-10(4-12)5-13(8)11(14)9-2-3-15-7-9/h8-10H,2-7,12H2,1H3. The summed E-state index contributed by atoms with van der Waals surface area (Å²) in [6.07, 6.45) is 0.832. The highest BCUT2D eigenvalue weighted by atomic mass is 16.5. The maximum absolute atomic E-state index is 12.2. The molecule has 0 aromatic heterocycles. The number of nitrogens with zero attached hydrogens (tertiary/aromatic N) is 1. The summed E-state index contributed by atoms with van der Waals surface area (Å²) >= 11 is 0. The van der Waals surface area contributed by atoms with Gasteiger partial charge in [-0.1, -0.05) is 0 Å². The van der Waals surface area contributed by atoms with Crippen molar-refractivity contribution in [2.24, 2.45) is 11.7 Å². The number of hydrogen-bond acceptors (Lipinski definition) is 4. The summed E-state index contributed by atoms with van der Waals surface area (Å²) in [4.78, 5) is 14.1. The van der Waals surface area contributed by atoms with E-state index in [4.69, 9.17) is 15.2 Å². The van der Waals surface area contributed by atoms with Crippen LogP contribution in [0.2, 0.25) is 0 Å². The maximum atomic E-state index is 12.2. The van der Waals surface area contributed by atoms with Crippen LogP contribution in [0.15, 0.2) is 0 Å². The van der Waals surface area contributed by atoms with Gasteiger partial charge in [0, 0.05) is 19.7 Å². The lowest BCUT2D eigenvalue weighted by atomic mass is 10.0. The number of amides is 1. The van der Waals surface area contributed by atoms with Crippen molar-refractivity contribution in [2.75, 3.05) is 32.9 Å². The molecule has 16 heavy (non-hydrogen) atoms. The molecule has 1 amide bonds. The smallest absolute Gasteiger partial charge is 0.228 e. The van der Waals surface area contributed by atoms with Crippen LogP contribution in [0.5, 0.6) is 0 Å². The molecule has 0 aliphatic carbocycles. The molecule has 2 aliphatic heterocycles. The van der Waals surface area contributed by atoms with E-state index in [0.29, 0.717) is 32.9 Å². The van der Waals surface area contributed by atoms with Crippen LogP contribution in [0.3, 0.4) is 0 Å². The molecule has 0 saturated carbocycles. The Morgan fingerprint density at radius 3 is 2.94 bits per heavy atom. The number of hydrogen-bond donors (Lipinski definition) is 1. The number of carbonyl (C=O) groups is 1. The van der Waals surface area contributed by atoms with Gasteiger partial charge in [-0.3, -0.25) is 4.79 Å². The van der Waals surface area contributed by atoms with Gasteiger partial charge in [0.2, 0.25) is 5.91 Å². The van der Waals surface area contributed by atoms with Crippen molar-refractivity contribution in [3.05, 3.63) is 0 Å². The van der Waals surface area contributed by atoms with Crippen LogP contribution in [0.4, 0.5) is 0 Å². The predicted octanol–water partition coefficient (Wildman–Crippen LogP) is -0.402. The molecule has 5 heteroatoms. The lowest BCUT2D eigenvalue weighted by Crippen LogP contribution is -2.54. The number of nitrogens with two attached hydrogens (primary N) is 1. The summed E-state index contributed by atoms with van der Waals surface area (Å²) in [6, 6.07) is 0.149. The van der Waals surface area contributed by atoms with Crippen LogP contribution in [0.1, 0.15) is 13.3 Å². The minimum Gasteiger partial charge on any atom is -0.381 e. The van der Waals surface area contributed by atoms with Gasteiger partial charge in [0.1, 0.15) is 0 Å². The van der Waals surface area contributed by atoms with Gasteiger partial charge in [0.15, 0.2) is 0 Å². The van der Waals surface area contributed by atoms with Crippen LogP contribution in [-0.2, 0) is 14.3 Å². The lowest BCUT2D eigenvalue weighted by Gasteiger charge is -2.38. The van der Waals surface area contributed by atoms with E-state index >= 15 is 0 Å². The second kappa shape index (κ2) is 5.12. The summed E-state index contributed by atoms with van der Waals surface area (Å²) < 4.78 is 10.8. The Hall–Kier alpha value is -0.650. The largest absolute Gasteiger partial charge is 0.381 e. The lowest BCUT2D eigenvalue weighted by molar-refractivity contribution is -0.147.